The largest absolute Gasteiger partial charge is 0.458 e. The van der Waals surface area contributed by atoms with E-state index in [-0.39, 0.29) is 25.2 Å². The Bertz CT molecular complexity index is 1310. The Morgan fingerprint density at radius 2 is 1.21 bits per heavy atom. The molecule has 0 aliphatic carbocycles. The van der Waals surface area contributed by atoms with E-state index < -0.39 is 23.7 Å². The maximum Gasteiger partial charge on any atom is 0.416 e. The van der Waals surface area contributed by atoms with E-state index in [9.17, 15) is 22.8 Å². The Labute approximate surface area is 226 Å². The van der Waals surface area contributed by atoms with Crippen molar-refractivity contribution in [2.75, 3.05) is 0 Å². The summed E-state index contributed by atoms with van der Waals surface area (Å²) in [6, 6.07) is 19.3. The standard InChI is InChI=1S/C32H31F3O4/c1-4-30(36)38-20-26-11-6-23(7-12-26)5-10-25-16-18-28(29(19-25)32(33,34)35)17-15-24-8-13-27(14-9-24)21-39-31(37)22(2)3/h4,6-9,11-14,16,18-19H,1-2,5,10,15,17,20-21H2,3H3. The molecule has 0 amide bonds. The van der Waals surface area contributed by atoms with Crippen LogP contribution in [-0.4, -0.2) is 11.9 Å². The number of carbonyl (C=O) groups is 2. The van der Waals surface area contributed by atoms with Gasteiger partial charge in [-0.25, -0.2) is 9.59 Å². The van der Waals surface area contributed by atoms with Gasteiger partial charge in [-0.2, -0.15) is 13.2 Å². The van der Waals surface area contributed by atoms with E-state index in [0.717, 1.165) is 28.3 Å². The van der Waals surface area contributed by atoms with Crippen LogP contribution in [0.5, 0.6) is 0 Å². The zero-order chi connectivity index (χ0) is 28.4. The van der Waals surface area contributed by atoms with Gasteiger partial charge < -0.3 is 9.47 Å². The molecular weight excluding hydrogens is 505 g/mol. The van der Waals surface area contributed by atoms with Gasteiger partial charge in [0.15, 0.2) is 0 Å². The van der Waals surface area contributed by atoms with E-state index in [1.54, 1.807) is 31.2 Å². The van der Waals surface area contributed by atoms with Crippen LogP contribution in [0.1, 0.15) is 45.9 Å². The molecule has 0 fully saturated rings. The highest BCUT2D eigenvalue weighted by Gasteiger charge is 2.33. The normalized spacial score (nSPS) is 11.1. The third-order valence-corrected chi connectivity index (χ3v) is 6.18. The van der Waals surface area contributed by atoms with Crippen molar-refractivity contribution < 1.29 is 32.2 Å². The highest BCUT2D eigenvalue weighted by Crippen LogP contribution is 2.33. The van der Waals surface area contributed by atoms with E-state index in [1.807, 2.05) is 36.4 Å². The molecule has 0 heterocycles. The highest BCUT2D eigenvalue weighted by molar-refractivity contribution is 5.86. The van der Waals surface area contributed by atoms with Gasteiger partial charge in [-0.3, -0.25) is 0 Å². The number of hydrogen-bond acceptors (Lipinski definition) is 4. The van der Waals surface area contributed by atoms with Crippen molar-refractivity contribution in [3.05, 3.63) is 130 Å². The van der Waals surface area contributed by atoms with Gasteiger partial charge in [0.2, 0.25) is 0 Å². The van der Waals surface area contributed by atoms with Crippen LogP contribution >= 0.6 is 0 Å². The summed E-state index contributed by atoms with van der Waals surface area (Å²) in [5.74, 6) is -0.969. The van der Waals surface area contributed by atoms with Gasteiger partial charge in [-0.15, -0.1) is 0 Å². The fourth-order valence-corrected chi connectivity index (χ4v) is 3.92. The van der Waals surface area contributed by atoms with Crippen molar-refractivity contribution in [3.8, 4) is 0 Å². The van der Waals surface area contributed by atoms with Crippen molar-refractivity contribution >= 4 is 11.9 Å². The average Bonchev–Trinajstić information content (AvgIpc) is 2.93. The summed E-state index contributed by atoms with van der Waals surface area (Å²) < 4.78 is 51.8. The minimum absolute atomic E-state index is 0.112. The van der Waals surface area contributed by atoms with Crippen LogP contribution in [0.2, 0.25) is 0 Å². The molecule has 3 aromatic carbocycles. The molecule has 0 aliphatic rings. The van der Waals surface area contributed by atoms with E-state index in [0.29, 0.717) is 30.4 Å². The molecule has 3 aromatic rings. The monoisotopic (exact) mass is 536 g/mol. The molecule has 0 saturated carbocycles. The Kier molecular flexibility index (Phi) is 10.3. The maximum atomic E-state index is 13.9. The SMILES string of the molecule is C=CC(=O)OCc1ccc(CCc2ccc(CCc3ccc(COC(=O)C(=C)C)cc3)c(C(F)(F)F)c2)cc1. The van der Waals surface area contributed by atoms with Gasteiger partial charge in [-0.1, -0.05) is 73.8 Å². The fourth-order valence-electron chi connectivity index (χ4n) is 3.92. The first-order valence-corrected chi connectivity index (χ1v) is 12.5. The summed E-state index contributed by atoms with van der Waals surface area (Å²) in [6.07, 6.45) is -1.62. The van der Waals surface area contributed by atoms with Crippen molar-refractivity contribution in [2.45, 2.75) is 52.0 Å². The average molecular weight is 537 g/mol. The first kappa shape index (κ1) is 29.4. The van der Waals surface area contributed by atoms with E-state index in [1.165, 1.54) is 6.07 Å². The van der Waals surface area contributed by atoms with E-state index in [4.69, 9.17) is 9.47 Å². The molecule has 0 unspecified atom stereocenters. The Morgan fingerprint density at radius 1 is 0.744 bits per heavy atom. The second kappa shape index (κ2) is 13.6. The first-order valence-electron chi connectivity index (χ1n) is 12.5. The summed E-state index contributed by atoms with van der Waals surface area (Å²) in [5.41, 5.74) is 4.06. The fraction of sp³-hybridized carbons (Fsp3) is 0.250. The predicted octanol–water partition coefficient (Wildman–Crippen LogP) is 7.12. The van der Waals surface area contributed by atoms with Gasteiger partial charge in [-0.05, 0) is 72.1 Å². The van der Waals surface area contributed by atoms with Crippen LogP contribution in [0.3, 0.4) is 0 Å². The van der Waals surface area contributed by atoms with Crippen LogP contribution in [-0.2, 0) is 64.1 Å². The molecule has 3 rings (SSSR count). The quantitative estimate of drug-likeness (QED) is 0.183. The Balaban J connectivity index is 1.59. The van der Waals surface area contributed by atoms with Crippen LogP contribution < -0.4 is 0 Å². The lowest BCUT2D eigenvalue weighted by Gasteiger charge is -2.15. The predicted molar refractivity (Wildman–Crippen MR) is 144 cm³/mol. The highest BCUT2D eigenvalue weighted by atomic mass is 19.4. The second-order valence-corrected chi connectivity index (χ2v) is 9.29. The smallest absolute Gasteiger partial charge is 0.416 e. The summed E-state index contributed by atoms with van der Waals surface area (Å²) >= 11 is 0. The molecule has 39 heavy (non-hydrogen) atoms. The number of esters is 2. The van der Waals surface area contributed by atoms with Crippen molar-refractivity contribution in [1.29, 1.82) is 0 Å². The number of carbonyl (C=O) groups excluding carboxylic acids is 2. The number of aryl methyl sites for hydroxylation is 4. The molecule has 0 radical (unpaired) electrons. The summed E-state index contributed by atoms with van der Waals surface area (Å²) in [7, 11) is 0. The molecule has 7 heteroatoms. The Hall–Kier alpha value is -4.13. The number of ether oxygens (including phenoxy) is 2. The number of halogens is 3. The van der Waals surface area contributed by atoms with Crippen LogP contribution in [0.25, 0.3) is 0 Å². The molecule has 0 aromatic heterocycles. The number of hydrogen-bond donors (Lipinski definition) is 0. The summed E-state index contributed by atoms with van der Waals surface area (Å²) in [6.45, 7) is 8.70. The van der Waals surface area contributed by atoms with Crippen molar-refractivity contribution in [3.63, 3.8) is 0 Å². The molecular formula is C32H31F3O4. The lowest BCUT2D eigenvalue weighted by atomic mass is 9.95. The zero-order valence-electron chi connectivity index (χ0n) is 21.9. The van der Waals surface area contributed by atoms with Gasteiger partial charge in [0.05, 0.1) is 5.56 Å². The molecule has 0 atom stereocenters. The van der Waals surface area contributed by atoms with Crippen molar-refractivity contribution in [1.82, 2.24) is 0 Å². The van der Waals surface area contributed by atoms with Crippen LogP contribution in [0, 0.1) is 0 Å². The van der Waals surface area contributed by atoms with Gasteiger partial charge >= 0.3 is 18.1 Å². The third-order valence-electron chi connectivity index (χ3n) is 6.18. The minimum Gasteiger partial charge on any atom is -0.458 e. The zero-order valence-corrected chi connectivity index (χ0v) is 21.9. The van der Waals surface area contributed by atoms with Crippen molar-refractivity contribution in [2.24, 2.45) is 0 Å². The molecule has 0 bridgehead atoms. The number of benzene rings is 3. The number of rotatable bonds is 12. The molecule has 4 nitrogen and oxygen atoms in total. The second-order valence-electron chi connectivity index (χ2n) is 9.29. The molecule has 0 saturated heterocycles. The lowest BCUT2D eigenvalue weighted by Crippen LogP contribution is -2.11. The molecule has 204 valence electrons. The van der Waals surface area contributed by atoms with Gasteiger partial charge in [0.25, 0.3) is 0 Å². The lowest BCUT2D eigenvalue weighted by molar-refractivity contribution is -0.140. The topological polar surface area (TPSA) is 52.6 Å². The first-order chi connectivity index (χ1) is 18.5. The van der Waals surface area contributed by atoms with E-state index in [2.05, 4.69) is 13.2 Å². The minimum atomic E-state index is -4.45. The molecule has 0 N–H and O–H groups in total. The Morgan fingerprint density at radius 3 is 1.72 bits per heavy atom. The summed E-state index contributed by atoms with van der Waals surface area (Å²) in [4.78, 5) is 22.7. The summed E-state index contributed by atoms with van der Waals surface area (Å²) in [5, 5.41) is 0. The third kappa shape index (κ3) is 9.28. The van der Waals surface area contributed by atoms with Crippen LogP contribution in [0.4, 0.5) is 13.2 Å². The van der Waals surface area contributed by atoms with Crippen LogP contribution in [0.15, 0.2) is 91.5 Å². The van der Waals surface area contributed by atoms with Gasteiger partial charge in [0, 0.05) is 11.6 Å². The number of alkyl halides is 3. The molecule has 0 aliphatic heterocycles. The van der Waals surface area contributed by atoms with E-state index >= 15 is 0 Å². The molecule has 0 spiro atoms. The van der Waals surface area contributed by atoms with Gasteiger partial charge in [0.1, 0.15) is 13.2 Å². The maximum absolute atomic E-state index is 13.9.